The van der Waals surface area contributed by atoms with Gasteiger partial charge in [0.15, 0.2) is 0 Å². The van der Waals surface area contributed by atoms with Gasteiger partial charge in [0, 0.05) is 6.54 Å². The number of nitrogens with one attached hydrogen (secondary N) is 1. The monoisotopic (exact) mass is 267 g/mol. The second kappa shape index (κ2) is 6.48. The van der Waals surface area contributed by atoms with Crippen LogP contribution in [0.15, 0.2) is 24.3 Å². The molecule has 0 unspecified atom stereocenters. The summed E-state index contributed by atoms with van der Waals surface area (Å²) in [5, 5.41) is 30.7. The van der Waals surface area contributed by atoms with Crippen LogP contribution in [-0.2, 0) is 12.0 Å². The number of hydrogen-bond acceptors (Lipinski definition) is 4. The number of benzene rings is 1. The molecular weight excluding hydrogens is 242 g/mol. The zero-order chi connectivity index (χ0) is 14.5. The summed E-state index contributed by atoms with van der Waals surface area (Å²) in [4.78, 5) is 0. The minimum atomic E-state index is -1.03. The van der Waals surface area contributed by atoms with Crippen molar-refractivity contribution in [3.8, 4) is 0 Å². The summed E-state index contributed by atoms with van der Waals surface area (Å²) >= 11 is 0. The fraction of sp³-hybridized carbons (Fsp3) is 0.600. The number of aliphatic hydroxyl groups excluding tert-OH is 3. The van der Waals surface area contributed by atoms with E-state index < -0.39 is 5.54 Å². The Labute approximate surface area is 115 Å². The summed E-state index contributed by atoms with van der Waals surface area (Å²) in [6, 6.07) is 8.19. The molecule has 0 amide bonds. The Morgan fingerprint density at radius 2 is 1.37 bits per heavy atom. The molecule has 4 N–H and O–H groups in total. The highest BCUT2D eigenvalue weighted by atomic mass is 16.3. The predicted molar refractivity (Wildman–Crippen MR) is 76.0 cm³/mol. The van der Waals surface area contributed by atoms with Gasteiger partial charge in [0.05, 0.1) is 25.4 Å². The average molecular weight is 267 g/mol. The fourth-order valence-electron chi connectivity index (χ4n) is 1.73. The molecule has 108 valence electrons. The molecule has 0 heterocycles. The van der Waals surface area contributed by atoms with E-state index in [9.17, 15) is 15.3 Å². The highest BCUT2D eigenvalue weighted by Crippen LogP contribution is 2.22. The van der Waals surface area contributed by atoms with Crippen LogP contribution in [0.4, 0.5) is 0 Å². The molecule has 4 heteroatoms. The Morgan fingerprint density at radius 1 is 0.895 bits per heavy atom. The predicted octanol–water partition coefficient (Wildman–Crippen LogP) is 0.789. The number of hydrogen-bond donors (Lipinski definition) is 4. The minimum absolute atomic E-state index is 0.122. The first kappa shape index (κ1) is 16.1. The van der Waals surface area contributed by atoms with E-state index >= 15 is 0 Å². The number of rotatable bonds is 6. The van der Waals surface area contributed by atoms with E-state index in [-0.39, 0.29) is 25.2 Å². The molecule has 0 fully saturated rings. The molecule has 19 heavy (non-hydrogen) atoms. The van der Waals surface area contributed by atoms with Crippen molar-refractivity contribution in [3.05, 3.63) is 35.4 Å². The van der Waals surface area contributed by atoms with Gasteiger partial charge in [0.2, 0.25) is 0 Å². The molecule has 1 aromatic rings. The first-order chi connectivity index (χ1) is 8.87. The van der Waals surface area contributed by atoms with Gasteiger partial charge in [0.25, 0.3) is 0 Å². The molecule has 1 rings (SSSR count). The van der Waals surface area contributed by atoms with Crippen molar-refractivity contribution in [2.75, 3.05) is 19.8 Å². The van der Waals surface area contributed by atoms with Gasteiger partial charge in [-0.1, -0.05) is 45.0 Å². The van der Waals surface area contributed by atoms with E-state index in [1.54, 1.807) is 0 Å². The SMILES string of the molecule is CC(C)(C)c1ccc(CNC(CO)(CO)CO)cc1. The third kappa shape index (κ3) is 4.28. The van der Waals surface area contributed by atoms with E-state index in [4.69, 9.17) is 0 Å². The van der Waals surface area contributed by atoms with Crippen LogP contribution in [0.25, 0.3) is 0 Å². The van der Waals surface area contributed by atoms with E-state index in [1.165, 1.54) is 5.56 Å². The highest BCUT2D eigenvalue weighted by molar-refractivity contribution is 5.27. The molecule has 0 saturated carbocycles. The number of aliphatic hydroxyl groups is 3. The van der Waals surface area contributed by atoms with Crippen molar-refractivity contribution in [1.29, 1.82) is 0 Å². The van der Waals surface area contributed by atoms with Crippen LogP contribution in [-0.4, -0.2) is 40.7 Å². The summed E-state index contributed by atoms with van der Waals surface area (Å²) < 4.78 is 0. The van der Waals surface area contributed by atoms with Gasteiger partial charge in [-0.05, 0) is 16.5 Å². The quantitative estimate of drug-likeness (QED) is 0.615. The average Bonchev–Trinajstić information content (AvgIpc) is 2.40. The van der Waals surface area contributed by atoms with Crippen molar-refractivity contribution >= 4 is 0 Å². The molecule has 0 radical (unpaired) electrons. The van der Waals surface area contributed by atoms with Crippen LogP contribution in [0.1, 0.15) is 31.9 Å². The van der Waals surface area contributed by atoms with Crippen LogP contribution >= 0.6 is 0 Å². The molecule has 0 aromatic heterocycles. The molecule has 0 saturated heterocycles. The lowest BCUT2D eigenvalue weighted by Crippen LogP contribution is -2.54. The van der Waals surface area contributed by atoms with Crippen LogP contribution in [0.5, 0.6) is 0 Å². The van der Waals surface area contributed by atoms with Crippen LogP contribution in [0, 0.1) is 0 Å². The van der Waals surface area contributed by atoms with Crippen molar-refractivity contribution in [2.45, 2.75) is 38.3 Å². The summed E-state index contributed by atoms with van der Waals surface area (Å²) in [5.74, 6) is 0. The third-order valence-electron chi connectivity index (χ3n) is 3.40. The zero-order valence-electron chi connectivity index (χ0n) is 12.0. The lowest BCUT2D eigenvalue weighted by Gasteiger charge is -2.29. The maximum Gasteiger partial charge on any atom is 0.0884 e. The lowest BCUT2D eigenvalue weighted by molar-refractivity contribution is 0.0414. The topological polar surface area (TPSA) is 72.7 Å². The van der Waals surface area contributed by atoms with Gasteiger partial charge >= 0.3 is 0 Å². The van der Waals surface area contributed by atoms with Gasteiger partial charge in [-0.3, -0.25) is 0 Å². The molecule has 1 aromatic carbocycles. The highest BCUT2D eigenvalue weighted by Gasteiger charge is 2.27. The molecule has 0 bridgehead atoms. The Balaban J connectivity index is 2.69. The third-order valence-corrected chi connectivity index (χ3v) is 3.40. The maximum absolute atomic E-state index is 9.22. The Morgan fingerprint density at radius 3 is 1.74 bits per heavy atom. The normalized spacial score (nSPS) is 12.7. The van der Waals surface area contributed by atoms with Crippen LogP contribution in [0.2, 0.25) is 0 Å². The van der Waals surface area contributed by atoms with Gasteiger partial charge in [-0.15, -0.1) is 0 Å². The van der Waals surface area contributed by atoms with Gasteiger partial charge in [0.1, 0.15) is 0 Å². The van der Waals surface area contributed by atoms with Crippen molar-refractivity contribution in [2.24, 2.45) is 0 Å². The molecule has 0 aliphatic heterocycles. The molecule has 0 atom stereocenters. The fourth-order valence-corrected chi connectivity index (χ4v) is 1.73. The second-order valence-electron chi connectivity index (χ2n) is 6.06. The minimum Gasteiger partial charge on any atom is -0.394 e. The first-order valence-electron chi connectivity index (χ1n) is 6.54. The Bertz CT molecular complexity index is 369. The summed E-state index contributed by atoms with van der Waals surface area (Å²) in [5.41, 5.74) is 1.40. The van der Waals surface area contributed by atoms with Crippen molar-refractivity contribution < 1.29 is 15.3 Å². The zero-order valence-corrected chi connectivity index (χ0v) is 12.0. The Kier molecular flexibility index (Phi) is 5.50. The lowest BCUT2D eigenvalue weighted by atomic mass is 9.86. The van der Waals surface area contributed by atoms with Gasteiger partial charge in [-0.25, -0.2) is 0 Å². The summed E-state index contributed by atoms with van der Waals surface area (Å²) in [6.07, 6.45) is 0. The molecule has 0 spiro atoms. The van der Waals surface area contributed by atoms with Crippen molar-refractivity contribution in [3.63, 3.8) is 0 Å². The standard InChI is InChI=1S/C15H25NO3/c1-14(2,3)13-6-4-12(5-7-13)8-16-15(9-17,10-18)11-19/h4-7,16-19H,8-11H2,1-3H3. The molecule has 0 aliphatic carbocycles. The van der Waals surface area contributed by atoms with Gasteiger partial charge in [-0.2, -0.15) is 0 Å². The maximum atomic E-state index is 9.22. The summed E-state index contributed by atoms with van der Waals surface area (Å²) in [7, 11) is 0. The molecule has 0 aliphatic rings. The van der Waals surface area contributed by atoms with E-state index in [0.29, 0.717) is 6.54 Å². The van der Waals surface area contributed by atoms with Crippen LogP contribution < -0.4 is 5.32 Å². The molecule has 4 nitrogen and oxygen atoms in total. The van der Waals surface area contributed by atoms with E-state index in [0.717, 1.165) is 5.56 Å². The van der Waals surface area contributed by atoms with Crippen LogP contribution in [0.3, 0.4) is 0 Å². The largest absolute Gasteiger partial charge is 0.394 e. The second-order valence-corrected chi connectivity index (χ2v) is 6.06. The van der Waals surface area contributed by atoms with E-state index in [1.807, 2.05) is 12.1 Å². The van der Waals surface area contributed by atoms with E-state index in [2.05, 4.69) is 38.2 Å². The molecular formula is C15H25NO3. The first-order valence-corrected chi connectivity index (χ1v) is 6.54. The smallest absolute Gasteiger partial charge is 0.0884 e. The van der Waals surface area contributed by atoms with Gasteiger partial charge < -0.3 is 20.6 Å². The Hall–Kier alpha value is -0.940. The van der Waals surface area contributed by atoms with Crippen molar-refractivity contribution in [1.82, 2.24) is 5.32 Å². The summed E-state index contributed by atoms with van der Waals surface area (Å²) in [6.45, 7) is 6.06.